The maximum Gasteiger partial charge on any atom is 0.244 e. The van der Waals surface area contributed by atoms with E-state index >= 15 is 0 Å². The quantitative estimate of drug-likeness (QED) is 0.343. The summed E-state index contributed by atoms with van der Waals surface area (Å²) in [6.45, 7) is 9.32. The molecule has 3 aromatic rings. The predicted molar refractivity (Wildman–Crippen MR) is 161 cm³/mol. The van der Waals surface area contributed by atoms with E-state index in [4.69, 9.17) is 0 Å². The summed E-state index contributed by atoms with van der Waals surface area (Å²) in [6, 6.07) is 20.9. The Morgan fingerprint density at radius 3 is 1.98 bits per heavy atom. The molecule has 0 heterocycles. The lowest BCUT2D eigenvalue weighted by Crippen LogP contribution is -2.54. The van der Waals surface area contributed by atoms with Crippen LogP contribution in [0.1, 0.15) is 51.3 Å². The van der Waals surface area contributed by atoms with Crippen LogP contribution in [0.3, 0.4) is 0 Å². The van der Waals surface area contributed by atoms with E-state index in [1.165, 1.54) is 17.0 Å². The first-order chi connectivity index (χ1) is 19.1. The van der Waals surface area contributed by atoms with Gasteiger partial charge in [-0.15, -0.1) is 0 Å². The average Bonchev–Trinajstić information content (AvgIpc) is 2.89. The zero-order valence-electron chi connectivity index (χ0n) is 24.6. The van der Waals surface area contributed by atoms with Crippen molar-refractivity contribution in [2.75, 3.05) is 17.1 Å². The molecule has 220 valence electrons. The average molecular weight is 582 g/mol. The maximum absolute atomic E-state index is 14.1. The van der Waals surface area contributed by atoms with E-state index in [0.717, 1.165) is 21.7 Å². The highest BCUT2D eigenvalue weighted by molar-refractivity contribution is 7.92. The fourth-order valence-corrected chi connectivity index (χ4v) is 5.31. The minimum absolute atomic E-state index is 0.0112. The number of halogens is 1. The second-order valence-corrected chi connectivity index (χ2v) is 13.5. The van der Waals surface area contributed by atoms with E-state index in [-0.39, 0.29) is 30.3 Å². The Labute approximate surface area is 243 Å². The number of rotatable bonds is 11. The number of sulfonamides is 1. The van der Waals surface area contributed by atoms with Crippen LogP contribution in [0.4, 0.5) is 10.1 Å². The van der Waals surface area contributed by atoms with E-state index in [1.807, 2.05) is 56.3 Å². The molecule has 0 aliphatic rings. The number of carbonyl (C=O) groups is 2. The van der Waals surface area contributed by atoms with E-state index in [1.54, 1.807) is 24.3 Å². The van der Waals surface area contributed by atoms with Crippen LogP contribution in [0.25, 0.3) is 0 Å². The molecule has 1 N–H and O–H groups in total. The van der Waals surface area contributed by atoms with Crippen LogP contribution in [-0.4, -0.2) is 50.0 Å². The number of benzene rings is 3. The molecule has 0 fully saturated rings. The van der Waals surface area contributed by atoms with Crippen molar-refractivity contribution in [3.8, 4) is 0 Å². The van der Waals surface area contributed by atoms with Gasteiger partial charge in [-0.1, -0.05) is 75.4 Å². The number of nitrogens with zero attached hydrogens (tertiary/aromatic N) is 2. The van der Waals surface area contributed by atoms with Gasteiger partial charge in [0, 0.05) is 19.0 Å². The molecule has 3 aromatic carbocycles. The van der Waals surface area contributed by atoms with Crippen molar-refractivity contribution in [2.24, 2.45) is 0 Å². The van der Waals surface area contributed by atoms with E-state index in [0.29, 0.717) is 11.3 Å². The monoisotopic (exact) mass is 581 g/mol. The molecular formula is C32H40FN3O4S. The number of carbonyl (C=O) groups excluding carboxylic acids is 2. The van der Waals surface area contributed by atoms with Gasteiger partial charge in [-0.25, -0.2) is 12.8 Å². The summed E-state index contributed by atoms with van der Waals surface area (Å²) in [4.78, 5) is 29.0. The first-order valence-electron chi connectivity index (χ1n) is 13.6. The fraction of sp³-hybridized carbons (Fsp3) is 0.375. The second kappa shape index (κ2) is 13.3. The maximum atomic E-state index is 14.1. The Morgan fingerprint density at radius 1 is 0.878 bits per heavy atom. The van der Waals surface area contributed by atoms with Crippen molar-refractivity contribution in [3.63, 3.8) is 0 Å². The molecule has 0 saturated heterocycles. The molecule has 1 atom stereocenters. The minimum atomic E-state index is -3.86. The van der Waals surface area contributed by atoms with Crippen LogP contribution in [0.5, 0.6) is 0 Å². The van der Waals surface area contributed by atoms with Gasteiger partial charge in [-0.3, -0.25) is 13.9 Å². The summed E-state index contributed by atoms with van der Waals surface area (Å²) in [5.74, 6) is -1.34. The lowest BCUT2D eigenvalue weighted by molar-refractivity contribution is -0.140. The highest BCUT2D eigenvalue weighted by atomic mass is 32.2. The first kappa shape index (κ1) is 31.8. The lowest BCUT2D eigenvalue weighted by Gasteiger charge is -2.34. The Balaban J connectivity index is 2.04. The fourth-order valence-electron chi connectivity index (χ4n) is 4.46. The van der Waals surface area contributed by atoms with Crippen molar-refractivity contribution >= 4 is 27.5 Å². The molecule has 3 rings (SSSR count). The van der Waals surface area contributed by atoms with E-state index in [9.17, 15) is 22.4 Å². The summed E-state index contributed by atoms with van der Waals surface area (Å²) < 4.78 is 40.6. The molecule has 7 nitrogen and oxygen atoms in total. The standard InChI is InChI=1S/C32H40FN3O4S/c1-23(2)34-31(38)29(20-24-10-8-7-9-11-24)35(21-25-12-16-27(33)17-13-25)30(37)22-36(41(6,39)40)28-18-14-26(15-19-28)32(3,4)5/h7-19,23,29H,20-22H2,1-6H3,(H,34,38)/t29-/m0/s1. The van der Waals surface area contributed by atoms with Crippen LogP contribution < -0.4 is 9.62 Å². The summed E-state index contributed by atoms with van der Waals surface area (Å²) in [5, 5.41) is 2.90. The lowest BCUT2D eigenvalue weighted by atomic mass is 9.87. The number of hydrogen-bond donors (Lipinski definition) is 1. The number of amides is 2. The van der Waals surface area contributed by atoms with Gasteiger partial charge in [0.1, 0.15) is 18.4 Å². The van der Waals surface area contributed by atoms with Gasteiger partial charge in [0.05, 0.1) is 11.9 Å². The normalized spacial score (nSPS) is 12.6. The van der Waals surface area contributed by atoms with E-state index in [2.05, 4.69) is 26.1 Å². The predicted octanol–water partition coefficient (Wildman–Crippen LogP) is 5.05. The van der Waals surface area contributed by atoms with Crippen LogP contribution in [0, 0.1) is 5.82 Å². The Hall–Kier alpha value is -3.72. The van der Waals surface area contributed by atoms with E-state index < -0.39 is 34.3 Å². The van der Waals surface area contributed by atoms with Gasteiger partial charge >= 0.3 is 0 Å². The zero-order valence-corrected chi connectivity index (χ0v) is 25.4. The van der Waals surface area contributed by atoms with Gasteiger partial charge in [-0.05, 0) is 60.2 Å². The van der Waals surface area contributed by atoms with Crippen molar-refractivity contribution < 1.29 is 22.4 Å². The molecule has 0 bridgehead atoms. The highest BCUT2D eigenvalue weighted by Crippen LogP contribution is 2.26. The topological polar surface area (TPSA) is 86.8 Å². The third kappa shape index (κ3) is 9.14. The third-order valence-electron chi connectivity index (χ3n) is 6.67. The van der Waals surface area contributed by atoms with Gasteiger partial charge in [-0.2, -0.15) is 0 Å². The summed E-state index contributed by atoms with van der Waals surface area (Å²) >= 11 is 0. The molecule has 0 aromatic heterocycles. The molecule has 0 spiro atoms. The molecule has 0 radical (unpaired) electrons. The number of nitrogens with one attached hydrogen (secondary N) is 1. The van der Waals surface area contributed by atoms with Crippen molar-refractivity contribution in [1.82, 2.24) is 10.2 Å². The SMILES string of the molecule is CC(C)NC(=O)[C@H](Cc1ccccc1)N(Cc1ccc(F)cc1)C(=O)CN(c1ccc(C(C)(C)C)cc1)S(C)(=O)=O. The number of anilines is 1. The van der Waals surface area contributed by atoms with Crippen molar-refractivity contribution in [1.29, 1.82) is 0 Å². The van der Waals surface area contributed by atoms with Crippen LogP contribution >= 0.6 is 0 Å². The smallest absolute Gasteiger partial charge is 0.244 e. The van der Waals surface area contributed by atoms with Crippen molar-refractivity contribution in [2.45, 2.75) is 65.1 Å². The minimum Gasteiger partial charge on any atom is -0.352 e. The van der Waals surface area contributed by atoms with Gasteiger partial charge in [0.25, 0.3) is 0 Å². The summed E-state index contributed by atoms with van der Waals surface area (Å²) in [6.07, 6.45) is 1.26. The molecule has 0 unspecified atom stereocenters. The third-order valence-corrected chi connectivity index (χ3v) is 7.81. The largest absolute Gasteiger partial charge is 0.352 e. The zero-order chi connectivity index (χ0) is 30.4. The first-order valence-corrected chi connectivity index (χ1v) is 15.5. The molecule has 0 saturated carbocycles. The van der Waals surface area contributed by atoms with Crippen LogP contribution in [0.15, 0.2) is 78.9 Å². The molecule has 2 amide bonds. The van der Waals surface area contributed by atoms with Crippen LogP contribution in [-0.2, 0) is 38.0 Å². The number of hydrogen-bond acceptors (Lipinski definition) is 4. The molecule has 41 heavy (non-hydrogen) atoms. The second-order valence-electron chi connectivity index (χ2n) is 11.6. The van der Waals surface area contributed by atoms with Gasteiger partial charge in [0.2, 0.25) is 21.8 Å². The van der Waals surface area contributed by atoms with Gasteiger partial charge in [0.15, 0.2) is 0 Å². The molecule has 9 heteroatoms. The van der Waals surface area contributed by atoms with Gasteiger partial charge < -0.3 is 10.2 Å². The Morgan fingerprint density at radius 2 is 1.46 bits per heavy atom. The summed E-state index contributed by atoms with van der Waals surface area (Å²) in [5.41, 5.74) is 2.68. The van der Waals surface area contributed by atoms with Crippen LogP contribution in [0.2, 0.25) is 0 Å². The van der Waals surface area contributed by atoms with Crippen molar-refractivity contribution in [3.05, 3.63) is 101 Å². The molecule has 0 aliphatic carbocycles. The Kier molecular flexibility index (Phi) is 10.3. The highest BCUT2D eigenvalue weighted by Gasteiger charge is 2.33. The Bertz CT molecular complexity index is 1420. The molecular weight excluding hydrogens is 541 g/mol. The summed E-state index contributed by atoms with van der Waals surface area (Å²) in [7, 11) is -3.86. The molecule has 0 aliphatic heterocycles.